The first-order valence-corrected chi connectivity index (χ1v) is 10.1. The number of thiophene rings is 1. The lowest BCUT2D eigenvalue weighted by atomic mass is 10.0. The molecule has 0 bridgehead atoms. The molecule has 0 saturated heterocycles. The zero-order valence-corrected chi connectivity index (χ0v) is 16.6. The van der Waals surface area contributed by atoms with Crippen LogP contribution in [-0.2, 0) is 19.5 Å². The number of aromatic nitrogens is 1. The summed E-state index contributed by atoms with van der Waals surface area (Å²) in [6.07, 6.45) is 5.12. The molecule has 2 aromatic heterocycles. The first-order chi connectivity index (χ1) is 13.1. The Balaban J connectivity index is 1.52. The monoisotopic (exact) mass is 400 g/mol. The normalized spacial score (nSPS) is 14.0. The number of amides is 2. The summed E-state index contributed by atoms with van der Waals surface area (Å²) in [7, 11) is 2.15. The lowest BCUT2D eigenvalue weighted by molar-refractivity contribution is 0.251. The van der Waals surface area contributed by atoms with Gasteiger partial charge in [0.05, 0.1) is 0 Å². The number of urea groups is 1. The molecule has 7 heteroatoms. The van der Waals surface area contributed by atoms with Crippen LogP contribution in [-0.4, -0.2) is 29.1 Å². The van der Waals surface area contributed by atoms with Crippen molar-refractivity contribution in [3.8, 4) is 5.00 Å². The van der Waals surface area contributed by atoms with E-state index in [4.69, 9.17) is 11.6 Å². The molecule has 1 aliphatic heterocycles. The average molecular weight is 401 g/mol. The van der Waals surface area contributed by atoms with Crippen molar-refractivity contribution >= 4 is 34.7 Å². The third-order valence-electron chi connectivity index (χ3n) is 4.70. The van der Waals surface area contributed by atoms with Crippen molar-refractivity contribution < 1.29 is 4.79 Å². The Kier molecular flexibility index (Phi) is 5.20. The fourth-order valence-corrected chi connectivity index (χ4v) is 4.86. The number of benzene rings is 1. The third-order valence-corrected chi connectivity index (χ3v) is 6.23. The fourth-order valence-electron chi connectivity index (χ4n) is 3.32. The average Bonchev–Trinajstić information content (AvgIpc) is 3.29. The topological polar surface area (TPSA) is 49.3 Å². The van der Waals surface area contributed by atoms with Crippen LogP contribution in [0.5, 0.6) is 0 Å². The number of halogens is 1. The van der Waals surface area contributed by atoms with E-state index < -0.39 is 0 Å². The van der Waals surface area contributed by atoms with Crippen molar-refractivity contribution in [2.75, 3.05) is 18.9 Å². The molecule has 0 spiro atoms. The molecule has 1 aliphatic rings. The first kappa shape index (κ1) is 18.1. The van der Waals surface area contributed by atoms with E-state index >= 15 is 0 Å². The van der Waals surface area contributed by atoms with Crippen LogP contribution in [0.4, 0.5) is 10.5 Å². The Labute approximate surface area is 167 Å². The number of fused-ring (bicyclic) bond motifs is 1. The number of hydrogen-bond acceptors (Lipinski definition) is 3. The van der Waals surface area contributed by atoms with Gasteiger partial charge in [-0.05, 0) is 55.4 Å². The molecule has 3 aromatic rings. The second-order valence-electron chi connectivity index (χ2n) is 6.68. The molecule has 0 atom stereocenters. The van der Waals surface area contributed by atoms with E-state index in [0.29, 0.717) is 11.6 Å². The summed E-state index contributed by atoms with van der Waals surface area (Å²) in [5, 5.41) is 7.69. The lowest BCUT2D eigenvalue weighted by Crippen LogP contribution is -2.30. The highest BCUT2D eigenvalue weighted by molar-refractivity contribution is 7.14. The summed E-state index contributed by atoms with van der Waals surface area (Å²) in [6.45, 7) is 2.51. The lowest BCUT2D eigenvalue weighted by Gasteiger charge is -2.22. The Hall–Kier alpha value is -2.28. The maximum absolute atomic E-state index is 12.3. The molecule has 5 nitrogen and oxygen atoms in total. The van der Waals surface area contributed by atoms with Crippen LogP contribution >= 0.6 is 22.9 Å². The minimum Gasteiger partial charge on any atom is -0.334 e. The number of likely N-dealkylation sites (N-methyl/N-ethyl adjacent to an activating group) is 1. The van der Waals surface area contributed by atoms with Crippen LogP contribution < -0.4 is 10.6 Å². The highest BCUT2D eigenvalue weighted by atomic mass is 35.5. The molecular formula is C20H21ClN4OS. The van der Waals surface area contributed by atoms with Gasteiger partial charge in [0.15, 0.2) is 0 Å². The van der Waals surface area contributed by atoms with Crippen molar-refractivity contribution in [1.29, 1.82) is 0 Å². The Morgan fingerprint density at radius 1 is 1.22 bits per heavy atom. The predicted octanol–water partition coefficient (Wildman–Crippen LogP) is 4.50. The molecule has 0 fully saturated rings. The molecule has 2 N–H and O–H groups in total. The van der Waals surface area contributed by atoms with Gasteiger partial charge in [0.2, 0.25) is 0 Å². The van der Waals surface area contributed by atoms with Crippen LogP contribution in [0.3, 0.4) is 0 Å². The molecule has 3 heterocycles. The van der Waals surface area contributed by atoms with Gasteiger partial charge in [-0.3, -0.25) is 0 Å². The van der Waals surface area contributed by atoms with Gasteiger partial charge in [0, 0.05) is 53.2 Å². The van der Waals surface area contributed by atoms with Crippen LogP contribution in [0.2, 0.25) is 5.02 Å². The quantitative estimate of drug-likeness (QED) is 0.677. The molecule has 140 valence electrons. The maximum atomic E-state index is 12.3. The zero-order valence-electron chi connectivity index (χ0n) is 15.0. The summed E-state index contributed by atoms with van der Waals surface area (Å²) in [5.41, 5.74) is 3.32. The summed E-state index contributed by atoms with van der Waals surface area (Å²) in [5.74, 6) is 0. The van der Waals surface area contributed by atoms with E-state index in [1.54, 1.807) is 24.3 Å². The van der Waals surface area contributed by atoms with Gasteiger partial charge in [0.1, 0.15) is 5.00 Å². The third kappa shape index (κ3) is 4.03. The summed E-state index contributed by atoms with van der Waals surface area (Å²) < 4.78 is 2.14. The maximum Gasteiger partial charge on any atom is 0.319 e. The number of hydrogen-bond donors (Lipinski definition) is 2. The van der Waals surface area contributed by atoms with Gasteiger partial charge < -0.3 is 20.1 Å². The van der Waals surface area contributed by atoms with Crippen molar-refractivity contribution in [3.05, 3.63) is 69.8 Å². The van der Waals surface area contributed by atoms with E-state index in [-0.39, 0.29) is 6.03 Å². The summed E-state index contributed by atoms with van der Waals surface area (Å²) >= 11 is 7.70. The largest absolute Gasteiger partial charge is 0.334 e. The molecular weight excluding hydrogens is 380 g/mol. The smallest absolute Gasteiger partial charge is 0.319 e. The molecule has 2 amide bonds. The molecule has 4 rings (SSSR count). The fraction of sp³-hybridized carbons (Fsp3) is 0.250. The summed E-state index contributed by atoms with van der Waals surface area (Å²) in [4.78, 5) is 16.1. The zero-order chi connectivity index (χ0) is 18.8. The highest BCUT2D eigenvalue weighted by Crippen LogP contribution is 2.35. The number of nitrogens with one attached hydrogen (secondary N) is 2. The minimum absolute atomic E-state index is 0.219. The van der Waals surface area contributed by atoms with E-state index in [1.165, 1.54) is 21.0 Å². The van der Waals surface area contributed by atoms with Gasteiger partial charge in [-0.1, -0.05) is 11.6 Å². The first-order valence-electron chi connectivity index (χ1n) is 8.86. The minimum atomic E-state index is -0.219. The Morgan fingerprint density at radius 2 is 1.96 bits per heavy atom. The number of anilines is 1. The van der Waals surface area contributed by atoms with Crippen molar-refractivity contribution in [2.24, 2.45) is 0 Å². The molecule has 0 aliphatic carbocycles. The molecule has 0 radical (unpaired) electrons. The second-order valence-corrected chi connectivity index (χ2v) is 8.20. The van der Waals surface area contributed by atoms with Gasteiger partial charge in [-0.15, -0.1) is 11.3 Å². The van der Waals surface area contributed by atoms with E-state index in [2.05, 4.69) is 39.5 Å². The second kappa shape index (κ2) is 7.76. The van der Waals surface area contributed by atoms with Crippen molar-refractivity contribution in [2.45, 2.75) is 19.5 Å². The van der Waals surface area contributed by atoms with Crippen LogP contribution in [0, 0.1) is 0 Å². The van der Waals surface area contributed by atoms with E-state index in [0.717, 1.165) is 25.2 Å². The number of rotatable bonds is 4. The van der Waals surface area contributed by atoms with Gasteiger partial charge in [0.25, 0.3) is 0 Å². The standard InChI is InChI=1S/C20H21ClN4OS/c1-24-11-8-16-17(19(27-18(16)13-24)25-9-2-3-10-25)12-22-20(26)23-15-6-4-14(21)5-7-15/h2-7,9-10H,8,11-13H2,1H3,(H2,22,23,26). The molecule has 0 unspecified atom stereocenters. The number of carbonyl (C=O) groups excluding carboxylic acids is 1. The Morgan fingerprint density at radius 3 is 2.70 bits per heavy atom. The predicted molar refractivity (Wildman–Crippen MR) is 111 cm³/mol. The van der Waals surface area contributed by atoms with Gasteiger partial charge in [-0.25, -0.2) is 4.79 Å². The molecule has 1 aromatic carbocycles. The van der Waals surface area contributed by atoms with E-state index in [9.17, 15) is 4.79 Å². The van der Waals surface area contributed by atoms with Crippen molar-refractivity contribution in [1.82, 2.24) is 14.8 Å². The number of carbonyl (C=O) groups is 1. The van der Waals surface area contributed by atoms with E-state index in [1.807, 2.05) is 23.5 Å². The van der Waals surface area contributed by atoms with Crippen LogP contribution in [0.25, 0.3) is 5.00 Å². The van der Waals surface area contributed by atoms with Crippen molar-refractivity contribution in [3.63, 3.8) is 0 Å². The SMILES string of the molecule is CN1CCc2c(sc(-n3cccc3)c2CNC(=O)Nc2ccc(Cl)cc2)C1. The Bertz CT molecular complexity index is 934. The van der Waals surface area contributed by atoms with Gasteiger partial charge >= 0.3 is 6.03 Å². The molecule has 27 heavy (non-hydrogen) atoms. The molecule has 0 saturated carbocycles. The van der Waals surface area contributed by atoms with Crippen LogP contribution in [0.1, 0.15) is 16.0 Å². The van der Waals surface area contributed by atoms with Crippen LogP contribution in [0.15, 0.2) is 48.8 Å². The summed E-state index contributed by atoms with van der Waals surface area (Å²) in [6, 6.07) is 10.9. The number of nitrogens with zero attached hydrogens (tertiary/aromatic N) is 2. The highest BCUT2D eigenvalue weighted by Gasteiger charge is 2.23. The van der Waals surface area contributed by atoms with Gasteiger partial charge in [-0.2, -0.15) is 0 Å².